The van der Waals surface area contributed by atoms with Crippen LogP contribution in [0.2, 0.25) is 5.02 Å². The Balaban J connectivity index is 2.70. The molecule has 1 atom stereocenters. The maximum absolute atomic E-state index is 6.20. The van der Waals surface area contributed by atoms with Gasteiger partial charge >= 0.3 is 0 Å². The molecule has 84 valence electrons. The average Bonchev–Trinajstić information content (AvgIpc) is 2.17. The van der Waals surface area contributed by atoms with E-state index in [9.17, 15) is 0 Å². The third-order valence-electron chi connectivity index (χ3n) is 3.26. The van der Waals surface area contributed by atoms with E-state index in [4.69, 9.17) is 17.3 Å². The number of nitrogens with two attached hydrogens (primary N) is 1. The minimum atomic E-state index is 0.181. The van der Waals surface area contributed by atoms with Gasteiger partial charge in [-0.2, -0.15) is 0 Å². The SMILES string of the molecule is CCC(C)(C)C(N)Cc1cccc(Cl)c1. The van der Waals surface area contributed by atoms with Gasteiger partial charge in [-0.15, -0.1) is 0 Å². The van der Waals surface area contributed by atoms with Gasteiger partial charge in [-0.25, -0.2) is 0 Å². The van der Waals surface area contributed by atoms with Gasteiger partial charge in [-0.05, 0) is 36.0 Å². The van der Waals surface area contributed by atoms with E-state index >= 15 is 0 Å². The van der Waals surface area contributed by atoms with Crippen molar-refractivity contribution < 1.29 is 0 Å². The lowest BCUT2D eigenvalue weighted by Crippen LogP contribution is -2.38. The molecular weight excluding hydrogens is 206 g/mol. The fraction of sp³-hybridized carbons (Fsp3) is 0.538. The molecule has 0 fully saturated rings. The number of rotatable bonds is 4. The Hall–Kier alpha value is -0.530. The molecular formula is C13H20ClN. The van der Waals surface area contributed by atoms with Gasteiger partial charge in [0.25, 0.3) is 0 Å². The summed E-state index contributed by atoms with van der Waals surface area (Å²) in [5.41, 5.74) is 7.60. The van der Waals surface area contributed by atoms with Crippen LogP contribution in [0.25, 0.3) is 0 Å². The van der Waals surface area contributed by atoms with Crippen LogP contribution in [0, 0.1) is 5.41 Å². The summed E-state index contributed by atoms with van der Waals surface area (Å²) in [6.07, 6.45) is 1.98. The maximum Gasteiger partial charge on any atom is 0.0408 e. The fourth-order valence-corrected chi connectivity index (χ4v) is 1.67. The van der Waals surface area contributed by atoms with Crippen molar-refractivity contribution in [2.75, 3.05) is 0 Å². The molecule has 0 radical (unpaired) electrons. The van der Waals surface area contributed by atoms with Crippen LogP contribution in [0.1, 0.15) is 32.8 Å². The van der Waals surface area contributed by atoms with Crippen LogP contribution >= 0.6 is 11.6 Å². The lowest BCUT2D eigenvalue weighted by atomic mass is 9.79. The summed E-state index contributed by atoms with van der Waals surface area (Å²) in [6.45, 7) is 6.60. The quantitative estimate of drug-likeness (QED) is 0.832. The van der Waals surface area contributed by atoms with Gasteiger partial charge in [-0.3, -0.25) is 0 Å². The molecule has 0 saturated heterocycles. The Morgan fingerprint density at radius 3 is 2.60 bits per heavy atom. The summed E-state index contributed by atoms with van der Waals surface area (Å²) in [7, 11) is 0. The molecule has 2 N–H and O–H groups in total. The standard InChI is InChI=1S/C13H20ClN/c1-4-13(2,3)12(15)9-10-6-5-7-11(14)8-10/h5-8,12H,4,9,15H2,1-3H3. The van der Waals surface area contributed by atoms with E-state index in [2.05, 4.69) is 26.8 Å². The van der Waals surface area contributed by atoms with E-state index in [1.807, 2.05) is 18.2 Å². The molecule has 1 rings (SSSR count). The van der Waals surface area contributed by atoms with E-state index in [0.717, 1.165) is 17.9 Å². The van der Waals surface area contributed by atoms with Crippen molar-refractivity contribution in [2.45, 2.75) is 39.7 Å². The smallest absolute Gasteiger partial charge is 0.0408 e. The molecule has 0 heterocycles. The molecule has 0 aliphatic carbocycles. The first-order valence-electron chi connectivity index (χ1n) is 5.45. The first-order valence-corrected chi connectivity index (χ1v) is 5.83. The topological polar surface area (TPSA) is 26.0 Å². The van der Waals surface area contributed by atoms with Gasteiger partial charge in [0.2, 0.25) is 0 Å². The number of hydrogen-bond donors (Lipinski definition) is 1. The average molecular weight is 226 g/mol. The van der Waals surface area contributed by atoms with Gasteiger partial charge in [0.1, 0.15) is 0 Å². The third kappa shape index (κ3) is 3.51. The van der Waals surface area contributed by atoms with E-state index in [1.54, 1.807) is 0 Å². The van der Waals surface area contributed by atoms with Gasteiger partial charge in [0, 0.05) is 11.1 Å². The molecule has 0 aromatic heterocycles. The highest BCUT2D eigenvalue weighted by atomic mass is 35.5. The predicted molar refractivity (Wildman–Crippen MR) is 67.2 cm³/mol. The number of halogens is 1. The van der Waals surface area contributed by atoms with Crippen molar-refractivity contribution in [3.05, 3.63) is 34.9 Å². The first kappa shape index (κ1) is 12.5. The summed E-state index contributed by atoms with van der Waals surface area (Å²) in [5.74, 6) is 0. The molecule has 1 unspecified atom stereocenters. The van der Waals surface area contributed by atoms with Crippen molar-refractivity contribution in [3.8, 4) is 0 Å². The normalized spacial score (nSPS) is 13.9. The second kappa shape index (κ2) is 5.00. The van der Waals surface area contributed by atoms with Crippen LogP contribution in [-0.4, -0.2) is 6.04 Å². The lowest BCUT2D eigenvalue weighted by Gasteiger charge is -2.30. The maximum atomic E-state index is 6.20. The summed E-state index contributed by atoms with van der Waals surface area (Å²) >= 11 is 5.94. The van der Waals surface area contributed by atoms with E-state index in [0.29, 0.717) is 0 Å². The van der Waals surface area contributed by atoms with Crippen LogP contribution in [0.5, 0.6) is 0 Å². The van der Waals surface area contributed by atoms with Gasteiger partial charge in [-0.1, -0.05) is 44.5 Å². The van der Waals surface area contributed by atoms with E-state index < -0.39 is 0 Å². The molecule has 2 heteroatoms. The van der Waals surface area contributed by atoms with Gasteiger partial charge in [0.05, 0.1) is 0 Å². The van der Waals surface area contributed by atoms with Crippen molar-refractivity contribution in [2.24, 2.45) is 11.1 Å². The largest absolute Gasteiger partial charge is 0.327 e. The predicted octanol–water partition coefficient (Wildman–Crippen LogP) is 3.65. The Morgan fingerprint density at radius 2 is 2.07 bits per heavy atom. The molecule has 0 amide bonds. The zero-order valence-corrected chi connectivity index (χ0v) is 10.5. The minimum absolute atomic E-state index is 0.181. The first-order chi connectivity index (χ1) is 6.95. The highest BCUT2D eigenvalue weighted by molar-refractivity contribution is 6.30. The van der Waals surface area contributed by atoms with E-state index in [1.165, 1.54) is 5.56 Å². The van der Waals surface area contributed by atoms with Crippen molar-refractivity contribution >= 4 is 11.6 Å². The second-order valence-corrected chi connectivity index (χ2v) is 5.22. The molecule has 1 aromatic rings. The molecule has 15 heavy (non-hydrogen) atoms. The van der Waals surface area contributed by atoms with Crippen molar-refractivity contribution in [1.82, 2.24) is 0 Å². The van der Waals surface area contributed by atoms with Crippen LogP contribution in [0.15, 0.2) is 24.3 Å². The van der Waals surface area contributed by atoms with Crippen molar-refractivity contribution in [1.29, 1.82) is 0 Å². The second-order valence-electron chi connectivity index (χ2n) is 4.78. The Bertz CT molecular complexity index is 320. The Morgan fingerprint density at radius 1 is 1.40 bits per heavy atom. The van der Waals surface area contributed by atoms with Crippen LogP contribution in [0.4, 0.5) is 0 Å². The van der Waals surface area contributed by atoms with Crippen molar-refractivity contribution in [3.63, 3.8) is 0 Å². The minimum Gasteiger partial charge on any atom is -0.327 e. The van der Waals surface area contributed by atoms with Gasteiger partial charge in [0.15, 0.2) is 0 Å². The summed E-state index contributed by atoms with van der Waals surface area (Å²) < 4.78 is 0. The summed E-state index contributed by atoms with van der Waals surface area (Å²) in [5, 5.41) is 0.786. The molecule has 0 bridgehead atoms. The number of hydrogen-bond acceptors (Lipinski definition) is 1. The Kier molecular flexibility index (Phi) is 4.18. The zero-order chi connectivity index (χ0) is 11.5. The summed E-state index contributed by atoms with van der Waals surface area (Å²) in [4.78, 5) is 0. The molecule has 1 aromatic carbocycles. The van der Waals surface area contributed by atoms with Crippen LogP contribution in [-0.2, 0) is 6.42 Å². The molecule has 0 saturated carbocycles. The van der Waals surface area contributed by atoms with Crippen LogP contribution < -0.4 is 5.73 Å². The lowest BCUT2D eigenvalue weighted by molar-refractivity contribution is 0.272. The zero-order valence-electron chi connectivity index (χ0n) is 9.76. The summed E-state index contributed by atoms with van der Waals surface area (Å²) in [6, 6.07) is 8.12. The molecule has 1 nitrogen and oxygen atoms in total. The molecule has 0 aliphatic rings. The Labute approximate surface area is 97.6 Å². The monoisotopic (exact) mass is 225 g/mol. The third-order valence-corrected chi connectivity index (χ3v) is 3.49. The molecule has 0 aliphatic heterocycles. The highest BCUT2D eigenvalue weighted by Gasteiger charge is 2.24. The molecule has 0 spiro atoms. The number of benzene rings is 1. The van der Waals surface area contributed by atoms with E-state index in [-0.39, 0.29) is 11.5 Å². The van der Waals surface area contributed by atoms with Crippen LogP contribution in [0.3, 0.4) is 0 Å². The highest BCUT2D eigenvalue weighted by Crippen LogP contribution is 2.26. The van der Waals surface area contributed by atoms with Gasteiger partial charge < -0.3 is 5.73 Å². The fourth-order valence-electron chi connectivity index (χ4n) is 1.46.